The molecule has 3 rings (SSSR count). The van der Waals surface area contributed by atoms with Gasteiger partial charge in [0.2, 0.25) is 11.0 Å². The number of rotatable bonds is 8. The predicted molar refractivity (Wildman–Crippen MR) is 106 cm³/mol. The third kappa shape index (κ3) is 5.41. The number of nitrogens with one attached hydrogen (secondary N) is 2. The Bertz CT molecular complexity index is 907. The first-order valence-corrected chi connectivity index (χ1v) is 9.89. The first-order valence-electron chi connectivity index (χ1n) is 8.19. The van der Waals surface area contributed by atoms with Crippen LogP contribution in [0.3, 0.4) is 0 Å². The zero-order valence-electron chi connectivity index (χ0n) is 14.8. The van der Waals surface area contributed by atoms with Gasteiger partial charge in [0, 0.05) is 11.3 Å². The molecule has 140 valence electrons. The van der Waals surface area contributed by atoms with E-state index in [1.165, 1.54) is 30.0 Å². The Labute approximate surface area is 164 Å². The maximum atomic E-state index is 12.4. The van der Waals surface area contributed by atoms with Crippen LogP contribution in [0.25, 0.3) is 0 Å². The van der Waals surface area contributed by atoms with E-state index in [9.17, 15) is 9.59 Å². The molecule has 0 aliphatic rings. The summed E-state index contributed by atoms with van der Waals surface area (Å²) in [6.07, 6.45) is 1.62. The van der Waals surface area contributed by atoms with Gasteiger partial charge in [-0.1, -0.05) is 23.1 Å². The zero-order chi connectivity index (χ0) is 19.2. The van der Waals surface area contributed by atoms with Gasteiger partial charge in [-0.3, -0.25) is 9.59 Å². The van der Waals surface area contributed by atoms with Crippen molar-refractivity contribution in [3.8, 4) is 0 Å². The molecule has 0 unspecified atom stereocenters. The van der Waals surface area contributed by atoms with Gasteiger partial charge in [0.15, 0.2) is 10.1 Å². The van der Waals surface area contributed by atoms with Crippen LogP contribution >= 0.6 is 23.1 Å². The molecular formula is C18H18N4O3S2. The van der Waals surface area contributed by atoms with E-state index in [1.54, 1.807) is 37.5 Å². The fourth-order valence-corrected chi connectivity index (χ4v) is 4.03. The summed E-state index contributed by atoms with van der Waals surface area (Å²) in [7, 11) is 0. The van der Waals surface area contributed by atoms with E-state index >= 15 is 0 Å². The van der Waals surface area contributed by atoms with Crippen molar-refractivity contribution in [3.05, 3.63) is 54.0 Å². The highest BCUT2D eigenvalue weighted by molar-refractivity contribution is 8.02. The van der Waals surface area contributed by atoms with Crippen molar-refractivity contribution >= 4 is 45.6 Å². The second kappa shape index (κ2) is 8.83. The van der Waals surface area contributed by atoms with Crippen molar-refractivity contribution < 1.29 is 14.0 Å². The van der Waals surface area contributed by atoms with E-state index < -0.39 is 0 Å². The maximum absolute atomic E-state index is 12.4. The molecule has 27 heavy (non-hydrogen) atoms. The predicted octanol–water partition coefficient (Wildman–Crippen LogP) is 4.07. The highest BCUT2D eigenvalue weighted by atomic mass is 32.2. The lowest BCUT2D eigenvalue weighted by molar-refractivity contribution is -0.115. The molecule has 0 fully saturated rings. The Morgan fingerprint density at radius 1 is 1.22 bits per heavy atom. The summed E-state index contributed by atoms with van der Waals surface area (Å²) in [4.78, 5) is 23.6. The summed E-state index contributed by atoms with van der Waals surface area (Å²) in [5.74, 6) is 0.656. The number of thioether (sulfide) groups is 1. The van der Waals surface area contributed by atoms with Crippen molar-refractivity contribution in [3.63, 3.8) is 0 Å². The third-order valence-electron chi connectivity index (χ3n) is 3.61. The third-order valence-corrected chi connectivity index (χ3v) is 5.67. The van der Waals surface area contributed by atoms with E-state index in [0.717, 1.165) is 5.76 Å². The standard InChI is InChI=1S/C18H18N4O3S2/c1-11(23)13-5-7-14(8-6-13)20-16(24)12(2)26-18-22-21-17(27-18)19-10-15-4-3-9-25-15/h3-9,12H,10H2,1-2H3,(H,19,21)(H,20,24)/t12-/m1/s1. The van der Waals surface area contributed by atoms with Crippen molar-refractivity contribution in [1.82, 2.24) is 10.2 Å². The topological polar surface area (TPSA) is 97.1 Å². The molecule has 7 nitrogen and oxygen atoms in total. The molecule has 0 saturated carbocycles. The number of furan rings is 1. The molecule has 1 aromatic carbocycles. The molecule has 0 spiro atoms. The maximum Gasteiger partial charge on any atom is 0.237 e. The smallest absolute Gasteiger partial charge is 0.237 e. The van der Waals surface area contributed by atoms with Crippen molar-refractivity contribution in [2.45, 2.75) is 30.0 Å². The summed E-state index contributed by atoms with van der Waals surface area (Å²) in [6.45, 7) is 3.84. The lowest BCUT2D eigenvalue weighted by Gasteiger charge is -2.10. The van der Waals surface area contributed by atoms with E-state index in [0.29, 0.717) is 27.3 Å². The molecule has 0 bridgehead atoms. The fraction of sp³-hybridized carbons (Fsp3) is 0.222. The van der Waals surface area contributed by atoms with Crippen LogP contribution in [0.1, 0.15) is 30.0 Å². The molecule has 3 aromatic rings. The molecule has 2 heterocycles. The molecule has 0 saturated heterocycles. The van der Waals surface area contributed by atoms with Crippen molar-refractivity contribution in [1.29, 1.82) is 0 Å². The van der Waals surface area contributed by atoms with Gasteiger partial charge in [-0.2, -0.15) is 0 Å². The zero-order valence-corrected chi connectivity index (χ0v) is 16.4. The van der Waals surface area contributed by atoms with Crippen LogP contribution in [0.5, 0.6) is 0 Å². The number of ketones is 1. The first kappa shape index (κ1) is 19.1. The van der Waals surface area contributed by atoms with Crippen LogP contribution in [-0.2, 0) is 11.3 Å². The van der Waals surface area contributed by atoms with Gasteiger partial charge in [-0.25, -0.2) is 0 Å². The number of hydrogen-bond donors (Lipinski definition) is 2. The van der Waals surface area contributed by atoms with Crippen molar-refractivity contribution in [2.75, 3.05) is 10.6 Å². The first-order chi connectivity index (χ1) is 13.0. The summed E-state index contributed by atoms with van der Waals surface area (Å²) in [6, 6.07) is 10.5. The van der Waals surface area contributed by atoms with Crippen LogP contribution in [-0.4, -0.2) is 27.1 Å². The fourth-order valence-electron chi connectivity index (χ4n) is 2.14. The van der Waals surface area contributed by atoms with Crippen LogP contribution in [0.15, 0.2) is 51.4 Å². The summed E-state index contributed by atoms with van der Waals surface area (Å²) in [5.41, 5.74) is 1.26. The van der Waals surface area contributed by atoms with Crippen LogP contribution in [0, 0.1) is 0 Å². The molecule has 0 aliphatic carbocycles. The normalized spacial score (nSPS) is 11.8. The molecule has 9 heteroatoms. The van der Waals surface area contributed by atoms with Gasteiger partial charge in [0.1, 0.15) is 5.76 Å². The Kier molecular flexibility index (Phi) is 6.25. The Hall–Kier alpha value is -2.65. The molecule has 2 aromatic heterocycles. The van der Waals surface area contributed by atoms with Crippen LogP contribution in [0.2, 0.25) is 0 Å². The van der Waals surface area contributed by atoms with Gasteiger partial charge in [0.25, 0.3) is 0 Å². The highest BCUT2D eigenvalue weighted by Crippen LogP contribution is 2.29. The van der Waals surface area contributed by atoms with E-state index in [2.05, 4.69) is 20.8 Å². The SMILES string of the molecule is CC(=O)c1ccc(NC(=O)[C@@H](C)Sc2nnc(NCc3ccco3)s2)cc1. The second-order valence-electron chi connectivity index (χ2n) is 5.69. The molecule has 0 radical (unpaired) electrons. The number of amides is 1. The number of anilines is 2. The lowest BCUT2D eigenvalue weighted by Crippen LogP contribution is -2.22. The monoisotopic (exact) mass is 402 g/mol. The minimum Gasteiger partial charge on any atom is -0.467 e. The van der Waals surface area contributed by atoms with Gasteiger partial charge in [-0.05, 0) is 50.2 Å². The molecule has 1 amide bonds. The quantitative estimate of drug-likeness (QED) is 0.433. The molecular weight excluding hydrogens is 384 g/mol. The number of hydrogen-bond acceptors (Lipinski definition) is 8. The second-order valence-corrected chi connectivity index (χ2v) is 8.25. The minimum atomic E-state index is -0.344. The number of aromatic nitrogens is 2. The molecule has 1 atom stereocenters. The molecule has 0 aliphatic heterocycles. The van der Waals surface area contributed by atoms with E-state index in [1.807, 2.05) is 12.1 Å². The Balaban J connectivity index is 1.51. The van der Waals surface area contributed by atoms with Gasteiger partial charge in [0.05, 0.1) is 18.1 Å². The lowest BCUT2D eigenvalue weighted by atomic mass is 10.1. The van der Waals surface area contributed by atoms with Crippen LogP contribution in [0.4, 0.5) is 10.8 Å². The number of Topliss-reactive ketones (excluding diaryl/α,β-unsaturated/α-hetero) is 1. The van der Waals surface area contributed by atoms with Gasteiger partial charge >= 0.3 is 0 Å². The number of carbonyl (C=O) groups excluding carboxylic acids is 2. The van der Waals surface area contributed by atoms with Crippen LogP contribution < -0.4 is 10.6 Å². The summed E-state index contributed by atoms with van der Waals surface area (Å²) in [5, 5.41) is 14.5. The van der Waals surface area contributed by atoms with E-state index in [-0.39, 0.29) is 16.9 Å². The number of benzene rings is 1. The average Bonchev–Trinajstić information content (AvgIpc) is 3.32. The Morgan fingerprint density at radius 3 is 2.67 bits per heavy atom. The number of nitrogens with zero attached hydrogens (tertiary/aromatic N) is 2. The van der Waals surface area contributed by atoms with Gasteiger partial charge < -0.3 is 15.1 Å². The summed E-state index contributed by atoms with van der Waals surface area (Å²) >= 11 is 2.72. The Morgan fingerprint density at radius 2 is 2.00 bits per heavy atom. The van der Waals surface area contributed by atoms with E-state index in [4.69, 9.17) is 4.42 Å². The number of carbonyl (C=O) groups is 2. The molecule has 2 N–H and O–H groups in total. The summed E-state index contributed by atoms with van der Waals surface area (Å²) < 4.78 is 5.95. The largest absolute Gasteiger partial charge is 0.467 e. The van der Waals surface area contributed by atoms with Gasteiger partial charge in [-0.15, -0.1) is 10.2 Å². The van der Waals surface area contributed by atoms with Crippen molar-refractivity contribution in [2.24, 2.45) is 0 Å². The highest BCUT2D eigenvalue weighted by Gasteiger charge is 2.17. The minimum absolute atomic E-state index is 0.00969. The average molecular weight is 403 g/mol.